The number of fused-ring (bicyclic) bond motifs is 1. The van der Waals surface area contributed by atoms with E-state index in [9.17, 15) is 4.39 Å². The van der Waals surface area contributed by atoms with Gasteiger partial charge in [0, 0.05) is 27.9 Å². The van der Waals surface area contributed by atoms with Crippen LogP contribution in [0.15, 0.2) is 53.6 Å². The number of hydrogen-bond acceptors (Lipinski definition) is 3. The van der Waals surface area contributed by atoms with E-state index in [1.54, 1.807) is 36.2 Å². The van der Waals surface area contributed by atoms with Gasteiger partial charge < -0.3 is 5.73 Å². The zero-order chi connectivity index (χ0) is 14.8. The van der Waals surface area contributed by atoms with E-state index in [1.807, 2.05) is 18.2 Å². The Kier molecular flexibility index (Phi) is 3.80. The lowest BCUT2D eigenvalue weighted by Crippen LogP contribution is -1.91. The highest BCUT2D eigenvalue weighted by atomic mass is 32.2. The fourth-order valence-corrected chi connectivity index (χ4v) is 3.30. The van der Waals surface area contributed by atoms with Crippen LogP contribution in [0.3, 0.4) is 0 Å². The molecule has 0 saturated heterocycles. The maximum Gasteiger partial charge on any atom is 0.132 e. The lowest BCUT2D eigenvalue weighted by atomic mass is 10.1. The number of rotatable bonds is 3. The van der Waals surface area contributed by atoms with Gasteiger partial charge in [0.2, 0.25) is 0 Å². The van der Waals surface area contributed by atoms with Crippen molar-refractivity contribution in [1.82, 2.24) is 4.98 Å². The van der Waals surface area contributed by atoms with Crippen LogP contribution < -0.4 is 5.73 Å². The highest BCUT2D eigenvalue weighted by Gasteiger charge is 2.08. The second-order valence-corrected chi connectivity index (χ2v) is 5.94. The Morgan fingerprint density at radius 2 is 2.05 bits per heavy atom. The number of aryl methyl sites for hydroxylation is 1. The first kappa shape index (κ1) is 13.9. The molecule has 3 aromatic rings. The smallest absolute Gasteiger partial charge is 0.132 e. The highest BCUT2D eigenvalue weighted by Crippen LogP contribution is 2.30. The quantitative estimate of drug-likeness (QED) is 0.569. The topological polar surface area (TPSA) is 38.9 Å². The number of nitrogens with two attached hydrogens (primary N) is 1. The predicted molar refractivity (Wildman–Crippen MR) is 86.9 cm³/mol. The molecule has 1 aromatic heterocycles. The predicted octanol–water partition coefficient (Wildman–Crippen LogP) is 4.56. The molecule has 1 heterocycles. The molecule has 21 heavy (non-hydrogen) atoms. The molecule has 0 spiro atoms. The van der Waals surface area contributed by atoms with E-state index < -0.39 is 0 Å². The van der Waals surface area contributed by atoms with Gasteiger partial charge in [-0.25, -0.2) is 4.39 Å². The van der Waals surface area contributed by atoms with E-state index >= 15 is 0 Å². The summed E-state index contributed by atoms with van der Waals surface area (Å²) >= 11 is 1.69. The van der Waals surface area contributed by atoms with Crippen molar-refractivity contribution in [2.75, 3.05) is 5.73 Å². The van der Waals surface area contributed by atoms with Crippen LogP contribution in [-0.2, 0) is 5.75 Å². The van der Waals surface area contributed by atoms with Gasteiger partial charge in [0.15, 0.2) is 0 Å². The third-order valence-electron chi connectivity index (χ3n) is 3.40. The third kappa shape index (κ3) is 2.85. The summed E-state index contributed by atoms with van der Waals surface area (Å²) in [7, 11) is 0. The molecule has 0 atom stereocenters. The molecule has 0 bridgehead atoms. The van der Waals surface area contributed by atoms with E-state index in [4.69, 9.17) is 5.73 Å². The number of pyridine rings is 1. The molecule has 0 fully saturated rings. The summed E-state index contributed by atoms with van der Waals surface area (Å²) < 4.78 is 13.8. The fraction of sp³-hybridized carbons (Fsp3) is 0.118. The van der Waals surface area contributed by atoms with Crippen molar-refractivity contribution in [3.05, 3.63) is 65.6 Å². The Bertz CT molecular complexity index is 802. The zero-order valence-electron chi connectivity index (χ0n) is 11.6. The molecule has 2 N–H and O–H groups in total. The maximum atomic E-state index is 13.8. The van der Waals surface area contributed by atoms with Crippen molar-refractivity contribution in [3.8, 4) is 0 Å². The number of nitrogen functional groups attached to an aromatic ring is 1. The Hall–Kier alpha value is -2.07. The number of halogens is 1. The summed E-state index contributed by atoms with van der Waals surface area (Å²) in [6.45, 7) is 2.06. The van der Waals surface area contributed by atoms with Gasteiger partial charge in [-0.05, 0) is 48.4 Å². The first-order chi connectivity index (χ1) is 10.1. The van der Waals surface area contributed by atoms with Crippen molar-refractivity contribution in [2.45, 2.75) is 17.6 Å². The Labute approximate surface area is 127 Å². The number of nitrogens with zero attached hydrogens (tertiary/aromatic N) is 1. The van der Waals surface area contributed by atoms with Crippen molar-refractivity contribution < 1.29 is 4.39 Å². The van der Waals surface area contributed by atoms with Crippen LogP contribution in [0, 0.1) is 12.7 Å². The number of aromatic nitrogens is 1. The van der Waals surface area contributed by atoms with Crippen molar-refractivity contribution in [1.29, 1.82) is 0 Å². The fourth-order valence-electron chi connectivity index (χ4n) is 2.24. The van der Waals surface area contributed by atoms with E-state index in [1.165, 1.54) is 11.6 Å². The van der Waals surface area contributed by atoms with Crippen LogP contribution in [0.1, 0.15) is 11.1 Å². The molecule has 3 rings (SSSR count). The first-order valence-electron chi connectivity index (χ1n) is 6.66. The van der Waals surface area contributed by atoms with Crippen molar-refractivity contribution >= 4 is 28.4 Å². The van der Waals surface area contributed by atoms with Crippen LogP contribution >= 0.6 is 11.8 Å². The van der Waals surface area contributed by atoms with Gasteiger partial charge in [0.1, 0.15) is 5.82 Å². The molecule has 0 saturated carbocycles. The van der Waals surface area contributed by atoms with Crippen molar-refractivity contribution in [2.24, 2.45) is 0 Å². The monoisotopic (exact) mass is 298 g/mol. The molecule has 106 valence electrons. The molecule has 0 aliphatic rings. The maximum absolute atomic E-state index is 13.8. The van der Waals surface area contributed by atoms with Gasteiger partial charge in [0.25, 0.3) is 0 Å². The largest absolute Gasteiger partial charge is 0.399 e. The highest BCUT2D eigenvalue weighted by molar-refractivity contribution is 7.98. The Morgan fingerprint density at radius 1 is 1.19 bits per heavy atom. The van der Waals surface area contributed by atoms with E-state index in [-0.39, 0.29) is 5.82 Å². The second kappa shape index (κ2) is 5.74. The minimum absolute atomic E-state index is 0.230. The van der Waals surface area contributed by atoms with Crippen LogP contribution in [-0.4, -0.2) is 4.98 Å². The Balaban J connectivity index is 1.92. The van der Waals surface area contributed by atoms with Crippen LogP contribution in [0.2, 0.25) is 0 Å². The van der Waals surface area contributed by atoms with Gasteiger partial charge in [-0.3, -0.25) is 4.98 Å². The first-order valence-corrected chi connectivity index (χ1v) is 7.65. The summed E-state index contributed by atoms with van der Waals surface area (Å²) in [5.74, 6) is 0.505. The molecule has 2 nitrogen and oxygen atoms in total. The van der Waals surface area contributed by atoms with Gasteiger partial charge in [0.05, 0.1) is 5.52 Å². The van der Waals surface area contributed by atoms with E-state index in [0.29, 0.717) is 5.39 Å². The van der Waals surface area contributed by atoms with Gasteiger partial charge in [-0.2, -0.15) is 0 Å². The molecule has 0 radical (unpaired) electrons. The summed E-state index contributed by atoms with van der Waals surface area (Å²) in [6, 6.07) is 12.7. The minimum atomic E-state index is -0.230. The molecule has 0 aliphatic carbocycles. The average Bonchev–Trinajstić information content (AvgIpc) is 2.50. The number of thioether (sulfide) groups is 1. The van der Waals surface area contributed by atoms with E-state index in [2.05, 4.69) is 11.9 Å². The molecule has 0 unspecified atom stereocenters. The summed E-state index contributed by atoms with van der Waals surface area (Å²) in [6.07, 6.45) is 1.70. The number of anilines is 1. The van der Waals surface area contributed by atoms with Gasteiger partial charge in [-0.15, -0.1) is 11.8 Å². The third-order valence-corrected chi connectivity index (χ3v) is 4.60. The number of hydrogen-bond donors (Lipinski definition) is 1. The molecule has 4 heteroatoms. The summed E-state index contributed by atoms with van der Waals surface area (Å²) in [5, 5.41) is 0.569. The molecular weight excluding hydrogens is 283 g/mol. The molecule has 2 aromatic carbocycles. The van der Waals surface area contributed by atoms with Gasteiger partial charge >= 0.3 is 0 Å². The van der Waals surface area contributed by atoms with Crippen molar-refractivity contribution in [3.63, 3.8) is 0 Å². The van der Waals surface area contributed by atoms with E-state index in [0.717, 1.165) is 27.4 Å². The average molecular weight is 298 g/mol. The molecule has 0 aliphatic heterocycles. The van der Waals surface area contributed by atoms with Crippen LogP contribution in [0.25, 0.3) is 10.9 Å². The Morgan fingerprint density at radius 3 is 2.90 bits per heavy atom. The normalized spacial score (nSPS) is 11.0. The zero-order valence-corrected chi connectivity index (χ0v) is 12.5. The van der Waals surface area contributed by atoms with Gasteiger partial charge in [-0.1, -0.05) is 12.1 Å². The number of benzene rings is 2. The molecule has 0 amide bonds. The summed E-state index contributed by atoms with van der Waals surface area (Å²) in [4.78, 5) is 5.46. The van der Waals surface area contributed by atoms with Crippen LogP contribution in [0.4, 0.5) is 10.1 Å². The second-order valence-electron chi connectivity index (χ2n) is 4.92. The SMILES string of the molecule is Cc1ccc(N)cc1SCc1ccc(F)c2cccnc12. The van der Waals surface area contributed by atoms with Crippen LogP contribution in [0.5, 0.6) is 0 Å². The lowest BCUT2D eigenvalue weighted by molar-refractivity contribution is 0.639. The summed E-state index contributed by atoms with van der Waals surface area (Å²) in [5.41, 5.74) is 9.53. The molecular formula is C17H15FN2S. The lowest BCUT2D eigenvalue weighted by Gasteiger charge is -2.09. The standard InChI is InChI=1S/C17H15FN2S/c1-11-4-6-13(19)9-16(11)21-10-12-5-7-15(18)14-3-2-8-20-17(12)14/h2-9H,10,19H2,1H3. The minimum Gasteiger partial charge on any atom is -0.399 e.